The quantitative estimate of drug-likeness (QED) is 0.200. The molecule has 0 atom stereocenters. The van der Waals surface area contributed by atoms with E-state index >= 15 is 0 Å². The molecule has 0 unspecified atom stereocenters. The van der Waals surface area contributed by atoms with Crippen LogP contribution in [0.15, 0.2) is 47.7 Å². The lowest BCUT2D eigenvalue weighted by molar-refractivity contribution is -0.116. The van der Waals surface area contributed by atoms with E-state index in [2.05, 4.69) is 30.9 Å². The highest BCUT2D eigenvalue weighted by Gasteiger charge is 2.06. The zero-order valence-corrected chi connectivity index (χ0v) is 20.0. The number of aliphatic imine (C=N–C) groups is 1. The van der Waals surface area contributed by atoms with Crippen molar-refractivity contribution in [3.63, 3.8) is 0 Å². The molecule has 2 aromatic heterocycles. The van der Waals surface area contributed by atoms with Gasteiger partial charge >= 0.3 is 0 Å². The molecule has 1 aromatic carbocycles. The van der Waals surface area contributed by atoms with Crippen LogP contribution in [0, 0.1) is 12.7 Å². The molecule has 0 spiro atoms. The number of aromatic amines is 1. The van der Waals surface area contributed by atoms with Crippen LogP contribution in [0.3, 0.4) is 0 Å². The lowest BCUT2D eigenvalue weighted by Crippen LogP contribution is -2.38. The SMILES string of the molecule is CCNC(=NCCC(=O)Nc1ccc(C)cn1)NCCc1c[nH]c2cc(F)ccc12.I. The second kappa shape index (κ2) is 12.2. The maximum atomic E-state index is 13.3. The highest BCUT2D eigenvalue weighted by atomic mass is 127. The summed E-state index contributed by atoms with van der Waals surface area (Å²) in [6.45, 7) is 5.68. The van der Waals surface area contributed by atoms with Crippen molar-refractivity contribution >= 4 is 52.6 Å². The Balaban J connectivity index is 0.00000341. The second-order valence-corrected chi connectivity index (χ2v) is 6.96. The average Bonchev–Trinajstić information content (AvgIpc) is 3.11. The number of hydrogen-bond acceptors (Lipinski definition) is 3. The molecule has 4 N–H and O–H groups in total. The zero-order chi connectivity index (χ0) is 21.3. The van der Waals surface area contributed by atoms with Crippen molar-refractivity contribution in [1.29, 1.82) is 0 Å². The van der Waals surface area contributed by atoms with E-state index in [4.69, 9.17) is 0 Å². The summed E-state index contributed by atoms with van der Waals surface area (Å²) in [6.07, 6.45) is 4.64. The van der Waals surface area contributed by atoms with Crippen LogP contribution < -0.4 is 16.0 Å². The molecule has 0 saturated carbocycles. The Morgan fingerprint density at radius 1 is 1.23 bits per heavy atom. The summed E-state index contributed by atoms with van der Waals surface area (Å²) in [7, 11) is 0. The lowest BCUT2D eigenvalue weighted by Gasteiger charge is -2.11. The van der Waals surface area contributed by atoms with Crippen LogP contribution in [0.5, 0.6) is 0 Å². The van der Waals surface area contributed by atoms with E-state index in [0.717, 1.165) is 35.0 Å². The number of aromatic nitrogens is 2. The van der Waals surface area contributed by atoms with Gasteiger partial charge in [0.1, 0.15) is 11.6 Å². The van der Waals surface area contributed by atoms with Crippen LogP contribution in [0.1, 0.15) is 24.5 Å². The minimum Gasteiger partial charge on any atom is -0.361 e. The minimum atomic E-state index is -0.252. The Morgan fingerprint density at radius 2 is 2.06 bits per heavy atom. The number of carbonyl (C=O) groups excluding carboxylic acids is 1. The van der Waals surface area contributed by atoms with Crippen LogP contribution in [0.2, 0.25) is 0 Å². The van der Waals surface area contributed by atoms with Gasteiger partial charge in [0.05, 0.1) is 6.54 Å². The Kier molecular flexibility index (Phi) is 9.70. The molecule has 0 aliphatic heterocycles. The zero-order valence-electron chi connectivity index (χ0n) is 17.7. The molecule has 7 nitrogen and oxygen atoms in total. The van der Waals surface area contributed by atoms with Gasteiger partial charge in [-0.05, 0) is 55.7 Å². The number of hydrogen-bond donors (Lipinski definition) is 4. The van der Waals surface area contributed by atoms with Gasteiger partial charge in [-0.3, -0.25) is 9.79 Å². The number of fused-ring (bicyclic) bond motifs is 1. The standard InChI is InChI=1S/C22H27FN6O.HI/c1-3-24-22(26-11-9-21(30)29-20-7-4-15(2)13-28-20)25-10-8-16-14-27-19-12-17(23)5-6-18(16)19;/h4-7,12-14,27H,3,8-11H2,1-2H3,(H2,24,25,26)(H,28,29,30);1H. The number of carbonyl (C=O) groups is 1. The van der Waals surface area contributed by atoms with Gasteiger partial charge in [-0.15, -0.1) is 24.0 Å². The monoisotopic (exact) mass is 538 g/mol. The van der Waals surface area contributed by atoms with Gasteiger partial charge in [0, 0.05) is 42.8 Å². The largest absolute Gasteiger partial charge is 0.361 e. The minimum absolute atomic E-state index is 0. The molecule has 0 radical (unpaired) electrons. The summed E-state index contributed by atoms with van der Waals surface area (Å²) in [4.78, 5) is 23.8. The molecule has 0 aliphatic carbocycles. The number of anilines is 1. The van der Waals surface area contributed by atoms with E-state index in [1.165, 1.54) is 12.1 Å². The van der Waals surface area contributed by atoms with Gasteiger partial charge < -0.3 is 20.9 Å². The first-order valence-electron chi connectivity index (χ1n) is 10.1. The van der Waals surface area contributed by atoms with Crippen molar-refractivity contribution < 1.29 is 9.18 Å². The number of aryl methyl sites for hydroxylation is 1. The van der Waals surface area contributed by atoms with Gasteiger partial charge in [-0.1, -0.05) is 6.07 Å². The molecule has 166 valence electrons. The normalized spacial score (nSPS) is 11.1. The Morgan fingerprint density at radius 3 is 2.81 bits per heavy atom. The highest BCUT2D eigenvalue weighted by molar-refractivity contribution is 14.0. The van der Waals surface area contributed by atoms with Crippen molar-refractivity contribution in [3.8, 4) is 0 Å². The van der Waals surface area contributed by atoms with E-state index in [1.807, 2.05) is 26.1 Å². The number of rotatable bonds is 8. The third-order valence-electron chi connectivity index (χ3n) is 4.55. The number of nitrogens with zero attached hydrogens (tertiary/aromatic N) is 2. The molecule has 31 heavy (non-hydrogen) atoms. The summed E-state index contributed by atoms with van der Waals surface area (Å²) in [5, 5.41) is 10.2. The van der Waals surface area contributed by atoms with E-state index in [1.54, 1.807) is 18.3 Å². The maximum Gasteiger partial charge on any atom is 0.227 e. The van der Waals surface area contributed by atoms with Crippen LogP contribution in [-0.4, -0.2) is 41.5 Å². The smallest absolute Gasteiger partial charge is 0.227 e. The fraction of sp³-hybridized carbons (Fsp3) is 0.318. The summed E-state index contributed by atoms with van der Waals surface area (Å²) < 4.78 is 13.3. The third kappa shape index (κ3) is 7.50. The van der Waals surface area contributed by atoms with Gasteiger partial charge in [0.15, 0.2) is 5.96 Å². The van der Waals surface area contributed by atoms with Crippen LogP contribution in [0.25, 0.3) is 10.9 Å². The molecule has 0 aliphatic rings. The molecular weight excluding hydrogens is 510 g/mol. The second-order valence-electron chi connectivity index (χ2n) is 6.96. The molecule has 0 fully saturated rings. The van der Waals surface area contributed by atoms with E-state index in [9.17, 15) is 9.18 Å². The Bertz CT molecular complexity index is 1020. The third-order valence-corrected chi connectivity index (χ3v) is 4.55. The molecule has 0 bridgehead atoms. The van der Waals surface area contributed by atoms with E-state index in [0.29, 0.717) is 24.9 Å². The molecule has 2 heterocycles. The number of nitrogens with one attached hydrogen (secondary N) is 4. The predicted molar refractivity (Wildman–Crippen MR) is 134 cm³/mol. The number of amides is 1. The first kappa shape index (κ1) is 24.6. The Labute approximate surface area is 198 Å². The summed E-state index contributed by atoms with van der Waals surface area (Å²) in [5.41, 5.74) is 2.94. The number of halogens is 2. The first-order chi connectivity index (χ1) is 14.5. The van der Waals surface area contributed by atoms with Crippen molar-refractivity contribution in [2.75, 3.05) is 25.0 Å². The van der Waals surface area contributed by atoms with Crippen molar-refractivity contribution in [2.45, 2.75) is 26.7 Å². The first-order valence-corrected chi connectivity index (χ1v) is 10.1. The summed E-state index contributed by atoms with van der Waals surface area (Å²) >= 11 is 0. The number of guanidine groups is 1. The number of benzene rings is 1. The van der Waals surface area contributed by atoms with E-state index < -0.39 is 0 Å². The molecule has 9 heteroatoms. The van der Waals surface area contributed by atoms with Gasteiger partial charge in [-0.2, -0.15) is 0 Å². The van der Waals surface area contributed by atoms with Crippen molar-refractivity contribution in [2.24, 2.45) is 4.99 Å². The lowest BCUT2D eigenvalue weighted by atomic mass is 10.1. The molecule has 1 amide bonds. The fourth-order valence-corrected chi connectivity index (χ4v) is 3.04. The molecule has 3 aromatic rings. The average molecular weight is 538 g/mol. The van der Waals surface area contributed by atoms with Gasteiger partial charge in [-0.25, -0.2) is 9.37 Å². The maximum absolute atomic E-state index is 13.3. The highest BCUT2D eigenvalue weighted by Crippen LogP contribution is 2.19. The molecular formula is C22H28FIN6O. The van der Waals surface area contributed by atoms with Gasteiger partial charge in [0.25, 0.3) is 0 Å². The topological polar surface area (TPSA) is 94.2 Å². The van der Waals surface area contributed by atoms with Crippen LogP contribution in [-0.2, 0) is 11.2 Å². The van der Waals surface area contributed by atoms with Crippen LogP contribution in [0.4, 0.5) is 10.2 Å². The number of H-pyrrole nitrogens is 1. The van der Waals surface area contributed by atoms with Crippen molar-refractivity contribution in [3.05, 3.63) is 59.7 Å². The summed E-state index contributed by atoms with van der Waals surface area (Å²) in [6, 6.07) is 8.43. The van der Waals surface area contributed by atoms with E-state index in [-0.39, 0.29) is 42.1 Å². The van der Waals surface area contributed by atoms with Crippen molar-refractivity contribution in [1.82, 2.24) is 20.6 Å². The molecule has 3 rings (SSSR count). The fourth-order valence-electron chi connectivity index (χ4n) is 3.04. The number of pyridine rings is 1. The molecule has 0 saturated heterocycles. The van der Waals surface area contributed by atoms with Gasteiger partial charge in [0.2, 0.25) is 5.91 Å². The predicted octanol–water partition coefficient (Wildman–Crippen LogP) is 3.75. The Hall–Kier alpha value is -2.69. The summed E-state index contributed by atoms with van der Waals surface area (Å²) in [5.74, 6) is 0.817. The van der Waals surface area contributed by atoms with Crippen LogP contribution >= 0.6 is 24.0 Å².